The van der Waals surface area contributed by atoms with Gasteiger partial charge in [0.1, 0.15) is 68.2 Å². The summed E-state index contributed by atoms with van der Waals surface area (Å²) in [6.07, 6.45) is 0.854. The van der Waals surface area contributed by atoms with E-state index in [1.54, 1.807) is 48.5 Å². The second-order valence-corrected chi connectivity index (χ2v) is 29.8. The van der Waals surface area contributed by atoms with Crippen molar-refractivity contribution >= 4 is 204 Å². The summed E-state index contributed by atoms with van der Waals surface area (Å²) in [7, 11) is 0. The van der Waals surface area contributed by atoms with Gasteiger partial charge in [-0.15, -0.1) is 11.8 Å². The van der Waals surface area contributed by atoms with Gasteiger partial charge < -0.3 is 33.2 Å². The fraction of sp³-hybridized carbons (Fsp3) is 0.171. The Kier molecular flexibility index (Phi) is 27.0. The Morgan fingerprint density at radius 2 is 0.619 bits per heavy atom. The number of rotatable bonds is 18. The van der Waals surface area contributed by atoms with E-state index >= 15 is 0 Å². The van der Waals surface area contributed by atoms with Crippen LogP contribution in [0, 0.1) is 16.2 Å². The number of carbonyl (C=O) groups is 9. The minimum absolute atomic E-state index is 0.0701. The molecule has 105 heavy (non-hydrogen) atoms. The van der Waals surface area contributed by atoms with Crippen molar-refractivity contribution in [3.05, 3.63) is 298 Å². The van der Waals surface area contributed by atoms with Crippen LogP contribution in [0.15, 0.2) is 187 Å². The largest absolute Gasteiger partial charge is 0.491 e. The van der Waals surface area contributed by atoms with Crippen molar-refractivity contribution in [2.75, 3.05) is 52.0 Å². The Morgan fingerprint density at radius 3 is 0.981 bits per heavy atom. The molecule has 0 unspecified atom stereocenters. The Bertz CT molecular complexity index is 4250. The summed E-state index contributed by atoms with van der Waals surface area (Å²) in [5, 5.41) is 2.86. The third kappa shape index (κ3) is 19.2. The van der Waals surface area contributed by atoms with Crippen LogP contribution in [0.4, 0.5) is 0 Å². The number of Topliss-reactive ketones (excluding diaryl/α,β-unsaturated/α-hetero) is 3. The van der Waals surface area contributed by atoms with Crippen LogP contribution in [0.5, 0.6) is 5.75 Å². The summed E-state index contributed by atoms with van der Waals surface area (Å²) in [4.78, 5) is 118. The lowest BCUT2D eigenvalue weighted by molar-refractivity contribution is -0.0175. The molecule has 0 atom stereocenters. The summed E-state index contributed by atoms with van der Waals surface area (Å²) in [5.41, 5.74) is -1.41. The molecule has 2 aliphatic heterocycles. The van der Waals surface area contributed by atoms with Crippen molar-refractivity contribution in [2.24, 2.45) is 16.2 Å². The fourth-order valence-corrected chi connectivity index (χ4v) is 15.0. The molecule has 0 bridgehead atoms. The number of ether oxygens (including phenoxy) is 7. The maximum absolute atomic E-state index is 13.6. The number of aryl methyl sites for hydroxylation is 1. The molecule has 540 valence electrons. The molecule has 29 heteroatoms. The van der Waals surface area contributed by atoms with Crippen LogP contribution in [0.3, 0.4) is 0 Å². The van der Waals surface area contributed by atoms with E-state index in [0.717, 1.165) is 10.5 Å². The average Bonchev–Trinajstić information content (AvgIpc) is 0.778. The molecule has 9 aromatic rings. The number of para-hydroxylation sites is 1. The molecule has 12 rings (SSSR count). The van der Waals surface area contributed by atoms with Crippen molar-refractivity contribution in [3.63, 3.8) is 0 Å². The predicted molar refractivity (Wildman–Crippen MR) is 405 cm³/mol. The van der Waals surface area contributed by atoms with Crippen LogP contribution >= 0.6 is 151 Å². The van der Waals surface area contributed by atoms with Gasteiger partial charge in [0, 0.05) is 51.9 Å². The van der Waals surface area contributed by atoms with E-state index in [0.29, 0.717) is 59.9 Å². The standard InChI is InChI=1S/C26H18Cl4O5.C25H16Cl4O6.C25H16Cl4O5S/c27-16-5-7-19(21(29)11-16)24(32)34-13-26(10-9-15-3-1-2-4-18(15)23(26)31)14-35-25(33)20-8-6-17(28)12-22(20)30;26-14-5-7-16(19(28)9-14)23(31)34-12-25(11-33-21-4-2-1-3-18(21)22(25)30)13-35-24(32)17-8-6-15(27)10-20(17)29;26-14-5-7-16(19(28)9-14)23(31)33-11-25(13-35-21-4-2-1-3-18(21)22(25)30)12-34-24(32)17-8-6-15(27)10-20(17)29/h1-8,11-12H,9-10,13-14H2;2*1-10H,11-13H2. The summed E-state index contributed by atoms with van der Waals surface area (Å²) in [5.74, 6) is -4.79. The second-order valence-electron chi connectivity index (χ2n) is 23.8. The first kappa shape index (κ1) is 80.0. The van der Waals surface area contributed by atoms with Crippen LogP contribution in [0.2, 0.25) is 60.3 Å². The first-order valence-corrected chi connectivity index (χ1v) is 36.5. The Morgan fingerprint density at radius 1 is 0.333 bits per heavy atom. The normalized spacial score (nSPS) is 14.2. The number of hydrogen-bond acceptors (Lipinski definition) is 17. The molecule has 0 radical (unpaired) electrons. The van der Waals surface area contributed by atoms with Crippen molar-refractivity contribution in [1.82, 2.24) is 0 Å². The third-order valence-electron chi connectivity index (χ3n) is 16.6. The Labute approximate surface area is 664 Å². The highest BCUT2D eigenvalue weighted by molar-refractivity contribution is 7.99. The third-order valence-corrected chi connectivity index (χ3v) is 21.3. The molecule has 0 fully saturated rings. The quantitative estimate of drug-likeness (QED) is 0.0576. The van der Waals surface area contributed by atoms with Crippen molar-refractivity contribution in [2.45, 2.75) is 17.7 Å². The zero-order valence-electron chi connectivity index (χ0n) is 53.9. The van der Waals surface area contributed by atoms with Gasteiger partial charge in [0.05, 0.1) is 69.1 Å². The van der Waals surface area contributed by atoms with Crippen LogP contribution < -0.4 is 4.74 Å². The van der Waals surface area contributed by atoms with Gasteiger partial charge in [0.25, 0.3) is 0 Å². The van der Waals surface area contributed by atoms with Crippen LogP contribution in [-0.4, -0.2) is 105 Å². The Balaban J connectivity index is 0.000000169. The van der Waals surface area contributed by atoms with Crippen molar-refractivity contribution in [3.8, 4) is 5.75 Å². The van der Waals surface area contributed by atoms with Gasteiger partial charge in [0.15, 0.2) is 17.3 Å². The molecule has 9 aromatic carbocycles. The molecule has 0 saturated carbocycles. The molecule has 0 aromatic heterocycles. The highest BCUT2D eigenvalue weighted by atomic mass is 35.5. The zero-order chi connectivity index (χ0) is 75.5. The number of carbonyl (C=O) groups excluding carboxylic acids is 9. The van der Waals surface area contributed by atoms with Crippen LogP contribution in [0.25, 0.3) is 0 Å². The van der Waals surface area contributed by atoms with Crippen molar-refractivity contribution in [1.29, 1.82) is 0 Å². The van der Waals surface area contributed by atoms with Crippen molar-refractivity contribution < 1.29 is 76.3 Å². The fourth-order valence-electron chi connectivity index (χ4n) is 10.9. The molecule has 2 heterocycles. The first-order chi connectivity index (χ1) is 50.1. The lowest BCUT2D eigenvalue weighted by Crippen LogP contribution is -2.49. The van der Waals surface area contributed by atoms with E-state index in [9.17, 15) is 43.2 Å². The molecule has 0 spiro atoms. The molecular formula is C76H50Cl12O16S. The number of benzene rings is 9. The average molecular weight is 1680 g/mol. The summed E-state index contributed by atoms with van der Waals surface area (Å²) in [6.45, 7) is -2.32. The summed E-state index contributed by atoms with van der Waals surface area (Å²) >= 11 is 73.5. The lowest BCUT2D eigenvalue weighted by atomic mass is 9.71. The lowest BCUT2D eigenvalue weighted by Gasteiger charge is -2.35. The topological polar surface area (TPSA) is 218 Å². The molecule has 16 nitrogen and oxygen atoms in total. The summed E-state index contributed by atoms with van der Waals surface area (Å²) in [6, 6.07) is 47.0. The van der Waals surface area contributed by atoms with E-state index < -0.39 is 71.1 Å². The first-order valence-electron chi connectivity index (χ1n) is 31.0. The second kappa shape index (κ2) is 35.4. The molecule has 1 aliphatic carbocycles. The van der Waals surface area contributed by atoms with E-state index in [4.69, 9.17) is 172 Å². The molecule has 0 saturated heterocycles. The maximum Gasteiger partial charge on any atom is 0.339 e. The molecule has 0 N–H and O–H groups in total. The number of hydrogen-bond donors (Lipinski definition) is 0. The van der Waals surface area contributed by atoms with E-state index in [-0.39, 0.29) is 119 Å². The molecule has 0 amide bonds. The SMILES string of the molecule is O=C(OCC1(COC(=O)c2ccc(Cl)cc2Cl)CCc2ccccc2C1=O)c1ccc(Cl)cc1Cl.O=C(OCC1(COC(=O)c2ccc(Cl)cc2Cl)COc2ccccc2C1=O)c1ccc(Cl)cc1Cl.O=C(OCC1(COC(=O)c2ccc(Cl)cc2Cl)CSc2ccccc2C1=O)c1ccc(Cl)cc1Cl. The minimum Gasteiger partial charge on any atom is -0.491 e. The summed E-state index contributed by atoms with van der Waals surface area (Å²) < 4.78 is 38.8. The van der Waals surface area contributed by atoms with E-state index in [2.05, 4.69) is 0 Å². The Hall–Kier alpha value is -7.56. The van der Waals surface area contributed by atoms with Gasteiger partial charge in [-0.05, 0) is 146 Å². The predicted octanol–water partition coefficient (Wildman–Crippen LogP) is 21.0. The highest BCUT2D eigenvalue weighted by Crippen LogP contribution is 2.43. The van der Waals surface area contributed by atoms with Crippen LogP contribution in [-0.2, 0) is 34.8 Å². The van der Waals surface area contributed by atoms with Gasteiger partial charge in [-0.25, -0.2) is 28.8 Å². The monoisotopic (exact) mass is 1670 g/mol. The number of ketones is 3. The van der Waals surface area contributed by atoms with E-state index in [1.807, 2.05) is 24.3 Å². The molecule has 3 aliphatic rings. The molecular weight excluding hydrogens is 1630 g/mol. The zero-order valence-corrected chi connectivity index (χ0v) is 63.8. The maximum atomic E-state index is 13.6. The minimum atomic E-state index is -1.50. The van der Waals surface area contributed by atoms with Gasteiger partial charge in [-0.2, -0.15) is 0 Å². The van der Waals surface area contributed by atoms with E-state index in [1.165, 1.54) is 121 Å². The number of fused-ring (bicyclic) bond motifs is 3. The van der Waals surface area contributed by atoms with Gasteiger partial charge >= 0.3 is 35.8 Å². The number of thioether (sulfide) groups is 1. The van der Waals surface area contributed by atoms with Gasteiger partial charge in [0.2, 0.25) is 0 Å². The number of esters is 6. The van der Waals surface area contributed by atoms with Gasteiger partial charge in [-0.3, -0.25) is 14.4 Å². The highest BCUT2D eigenvalue weighted by Gasteiger charge is 2.49. The van der Waals surface area contributed by atoms with Crippen LogP contribution in [0.1, 0.15) is 105 Å². The van der Waals surface area contributed by atoms with Gasteiger partial charge in [-0.1, -0.05) is 194 Å². The smallest absolute Gasteiger partial charge is 0.339 e. The number of halogens is 12.